The topological polar surface area (TPSA) is 58.6 Å². The van der Waals surface area contributed by atoms with Crippen LogP contribution in [0.15, 0.2) is 47.8 Å². The van der Waals surface area contributed by atoms with Crippen molar-refractivity contribution in [2.75, 3.05) is 13.1 Å². The maximum Gasteiger partial charge on any atom is 0.263 e. The molecule has 0 radical (unpaired) electrons. The highest BCUT2D eigenvalue weighted by Gasteiger charge is 2.29. The molecule has 3 rings (SSSR count). The van der Waals surface area contributed by atoms with Gasteiger partial charge in [-0.1, -0.05) is 36.4 Å². The zero-order valence-electron chi connectivity index (χ0n) is 13.3. The summed E-state index contributed by atoms with van der Waals surface area (Å²) in [4.78, 5) is 32.5. The van der Waals surface area contributed by atoms with E-state index in [1.54, 1.807) is 4.90 Å². The molecule has 2 amide bonds. The fourth-order valence-corrected chi connectivity index (χ4v) is 3.47. The maximum absolute atomic E-state index is 12.4. The second kappa shape index (κ2) is 8.08. The van der Waals surface area contributed by atoms with Crippen molar-refractivity contribution in [1.82, 2.24) is 10.4 Å². The van der Waals surface area contributed by atoms with Crippen molar-refractivity contribution in [3.63, 3.8) is 0 Å². The minimum Gasteiger partial charge on any atom is -0.337 e. The molecule has 0 spiro atoms. The summed E-state index contributed by atoms with van der Waals surface area (Å²) < 4.78 is 0. The molecule has 2 aromatic rings. The Bertz CT molecular complexity index is 673. The van der Waals surface area contributed by atoms with Crippen LogP contribution in [0.4, 0.5) is 0 Å². The quantitative estimate of drug-likeness (QED) is 0.849. The van der Waals surface area contributed by atoms with Gasteiger partial charge in [-0.25, -0.2) is 5.48 Å². The molecule has 0 aliphatic carbocycles. The van der Waals surface area contributed by atoms with E-state index in [4.69, 9.17) is 4.84 Å². The molecule has 2 heterocycles. The third-order valence-electron chi connectivity index (χ3n) is 4.07. The van der Waals surface area contributed by atoms with Crippen molar-refractivity contribution >= 4 is 23.2 Å². The first kappa shape index (κ1) is 16.7. The summed E-state index contributed by atoms with van der Waals surface area (Å²) in [5.74, 6) is -0.374. The van der Waals surface area contributed by atoms with Crippen LogP contribution < -0.4 is 5.48 Å². The SMILES string of the molecule is O=C(NOCc1ccccc1)C1CCCN(C(=O)c2cccs2)C1. The van der Waals surface area contributed by atoms with E-state index < -0.39 is 0 Å². The lowest BCUT2D eigenvalue weighted by molar-refractivity contribution is -0.140. The van der Waals surface area contributed by atoms with E-state index in [1.807, 2.05) is 47.8 Å². The van der Waals surface area contributed by atoms with Gasteiger partial charge in [-0.3, -0.25) is 14.4 Å². The number of thiophene rings is 1. The van der Waals surface area contributed by atoms with Gasteiger partial charge in [-0.15, -0.1) is 11.3 Å². The number of nitrogens with one attached hydrogen (secondary N) is 1. The lowest BCUT2D eigenvalue weighted by Crippen LogP contribution is -2.45. The van der Waals surface area contributed by atoms with Crippen LogP contribution in [-0.4, -0.2) is 29.8 Å². The summed E-state index contributed by atoms with van der Waals surface area (Å²) >= 11 is 1.43. The molecule has 126 valence electrons. The number of piperidine rings is 1. The van der Waals surface area contributed by atoms with Gasteiger partial charge in [-0.2, -0.15) is 0 Å². The van der Waals surface area contributed by atoms with Crippen LogP contribution in [0, 0.1) is 5.92 Å². The lowest BCUT2D eigenvalue weighted by Gasteiger charge is -2.31. The van der Waals surface area contributed by atoms with Crippen molar-refractivity contribution < 1.29 is 14.4 Å². The van der Waals surface area contributed by atoms with Crippen molar-refractivity contribution in [2.24, 2.45) is 5.92 Å². The summed E-state index contributed by atoms with van der Waals surface area (Å²) in [6.07, 6.45) is 1.60. The largest absolute Gasteiger partial charge is 0.337 e. The number of hydroxylamine groups is 1. The normalized spacial score (nSPS) is 17.5. The smallest absolute Gasteiger partial charge is 0.263 e. The zero-order valence-corrected chi connectivity index (χ0v) is 14.1. The Morgan fingerprint density at radius 3 is 2.79 bits per heavy atom. The van der Waals surface area contributed by atoms with Crippen LogP contribution in [0.1, 0.15) is 28.1 Å². The van der Waals surface area contributed by atoms with Crippen molar-refractivity contribution in [3.8, 4) is 0 Å². The fraction of sp³-hybridized carbons (Fsp3) is 0.333. The number of hydrogen-bond donors (Lipinski definition) is 1. The van der Waals surface area contributed by atoms with Gasteiger partial charge in [0, 0.05) is 13.1 Å². The Morgan fingerprint density at radius 1 is 1.21 bits per heavy atom. The number of benzene rings is 1. The maximum atomic E-state index is 12.4. The molecule has 1 atom stereocenters. The third kappa shape index (κ3) is 4.21. The lowest BCUT2D eigenvalue weighted by atomic mass is 9.97. The summed E-state index contributed by atoms with van der Waals surface area (Å²) in [5, 5.41) is 1.89. The Kier molecular flexibility index (Phi) is 5.61. The highest BCUT2D eigenvalue weighted by atomic mass is 32.1. The minimum atomic E-state index is -0.224. The molecule has 6 heteroatoms. The molecule has 1 aromatic carbocycles. The van der Waals surface area contributed by atoms with E-state index in [1.165, 1.54) is 11.3 Å². The van der Waals surface area contributed by atoms with E-state index >= 15 is 0 Å². The first-order valence-electron chi connectivity index (χ1n) is 8.02. The molecule has 1 N–H and O–H groups in total. The molecule has 0 bridgehead atoms. The Hall–Kier alpha value is -2.18. The van der Waals surface area contributed by atoms with Gasteiger partial charge in [0.25, 0.3) is 5.91 Å². The first-order valence-corrected chi connectivity index (χ1v) is 8.90. The Balaban J connectivity index is 1.49. The summed E-state index contributed by atoms with van der Waals surface area (Å²) in [6.45, 7) is 1.47. The van der Waals surface area contributed by atoms with Crippen molar-refractivity contribution in [3.05, 3.63) is 58.3 Å². The third-order valence-corrected chi connectivity index (χ3v) is 4.92. The molecule has 1 aromatic heterocycles. The van der Waals surface area contributed by atoms with Gasteiger partial charge >= 0.3 is 0 Å². The Labute approximate surface area is 145 Å². The Morgan fingerprint density at radius 2 is 2.04 bits per heavy atom. The molecular weight excluding hydrogens is 324 g/mol. The van der Waals surface area contributed by atoms with Gasteiger partial charge in [0.2, 0.25) is 5.91 Å². The van der Waals surface area contributed by atoms with Gasteiger partial charge < -0.3 is 4.90 Å². The van der Waals surface area contributed by atoms with Gasteiger partial charge in [-0.05, 0) is 29.9 Å². The van der Waals surface area contributed by atoms with E-state index in [2.05, 4.69) is 5.48 Å². The van der Waals surface area contributed by atoms with Crippen LogP contribution in [0.2, 0.25) is 0 Å². The molecule has 1 saturated heterocycles. The number of nitrogens with zero attached hydrogens (tertiary/aromatic N) is 1. The zero-order chi connectivity index (χ0) is 16.8. The molecule has 0 saturated carbocycles. The molecule has 1 fully saturated rings. The number of amides is 2. The standard InChI is InChI=1S/C18H20N2O3S/c21-17(19-23-13-14-6-2-1-3-7-14)15-8-4-10-20(12-15)18(22)16-9-5-11-24-16/h1-3,5-7,9,11,15H,4,8,10,12-13H2,(H,19,21). The molecular formula is C18H20N2O3S. The number of rotatable bonds is 5. The van der Waals surface area contributed by atoms with Crippen molar-refractivity contribution in [1.29, 1.82) is 0 Å². The summed E-state index contributed by atoms with van der Waals surface area (Å²) in [5.41, 5.74) is 3.52. The summed E-state index contributed by atoms with van der Waals surface area (Å²) in [6, 6.07) is 13.3. The average molecular weight is 344 g/mol. The molecule has 24 heavy (non-hydrogen) atoms. The van der Waals surface area contributed by atoms with E-state index in [0.29, 0.717) is 19.7 Å². The molecule has 1 unspecified atom stereocenters. The van der Waals surface area contributed by atoms with Crippen LogP contribution in [0.3, 0.4) is 0 Å². The highest BCUT2D eigenvalue weighted by Crippen LogP contribution is 2.20. The first-order chi connectivity index (χ1) is 11.7. The molecule has 5 nitrogen and oxygen atoms in total. The van der Waals surface area contributed by atoms with Crippen LogP contribution in [0.25, 0.3) is 0 Å². The molecule has 1 aliphatic rings. The van der Waals surface area contributed by atoms with E-state index in [9.17, 15) is 9.59 Å². The monoisotopic (exact) mass is 344 g/mol. The number of likely N-dealkylation sites (tertiary alicyclic amines) is 1. The predicted octanol–water partition coefficient (Wildman–Crippen LogP) is 2.85. The second-order valence-corrected chi connectivity index (χ2v) is 6.76. The fourth-order valence-electron chi connectivity index (χ4n) is 2.78. The highest BCUT2D eigenvalue weighted by molar-refractivity contribution is 7.12. The molecule has 1 aliphatic heterocycles. The number of hydrogen-bond acceptors (Lipinski definition) is 4. The summed E-state index contributed by atoms with van der Waals surface area (Å²) in [7, 11) is 0. The van der Waals surface area contributed by atoms with E-state index in [-0.39, 0.29) is 17.7 Å². The van der Waals surface area contributed by atoms with Gasteiger partial charge in [0.05, 0.1) is 17.4 Å². The van der Waals surface area contributed by atoms with E-state index in [0.717, 1.165) is 23.3 Å². The van der Waals surface area contributed by atoms with Gasteiger partial charge in [0.15, 0.2) is 0 Å². The minimum absolute atomic E-state index is 0.00713. The number of carbonyl (C=O) groups excluding carboxylic acids is 2. The van der Waals surface area contributed by atoms with Crippen LogP contribution >= 0.6 is 11.3 Å². The van der Waals surface area contributed by atoms with Gasteiger partial charge in [0.1, 0.15) is 0 Å². The predicted molar refractivity (Wildman–Crippen MR) is 92.3 cm³/mol. The average Bonchev–Trinajstić information content (AvgIpc) is 3.16. The van der Waals surface area contributed by atoms with Crippen LogP contribution in [0.5, 0.6) is 0 Å². The van der Waals surface area contributed by atoms with Crippen LogP contribution in [-0.2, 0) is 16.2 Å². The second-order valence-electron chi connectivity index (χ2n) is 5.81. The number of carbonyl (C=O) groups is 2. The van der Waals surface area contributed by atoms with Crippen molar-refractivity contribution in [2.45, 2.75) is 19.4 Å².